The molecule has 1 aromatic rings. The number of carbonyl (C=O) groups is 1. The molecule has 0 aliphatic heterocycles. The fourth-order valence-electron chi connectivity index (χ4n) is 1.82. The second kappa shape index (κ2) is 6.06. The van der Waals surface area contributed by atoms with Crippen LogP contribution in [0.3, 0.4) is 0 Å². The number of sulfonamides is 1. The molecule has 1 aromatic heterocycles. The maximum Gasteiger partial charge on any atom is 0.310 e. The van der Waals surface area contributed by atoms with Crippen molar-refractivity contribution in [1.82, 2.24) is 9.71 Å². The van der Waals surface area contributed by atoms with Crippen molar-refractivity contribution in [3.63, 3.8) is 0 Å². The van der Waals surface area contributed by atoms with Crippen LogP contribution in [0.2, 0.25) is 0 Å². The number of rotatable bonds is 7. The van der Waals surface area contributed by atoms with Crippen molar-refractivity contribution in [1.29, 1.82) is 0 Å². The van der Waals surface area contributed by atoms with Gasteiger partial charge in [0, 0.05) is 12.2 Å². The van der Waals surface area contributed by atoms with E-state index in [2.05, 4.69) is 9.71 Å². The van der Waals surface area contributed by atoms with E-state index in [4.69, 9.17) is 0 Å². The average molecular weight is 322 g/mol. The highest BCUT2D eigenvalue weighted by molar-refractivity contribution is 7.91. The molecule has 3 N–H and O–H groups in total. The minimum Gasteiger partial charge on any atom is -0.481 e. The number of nitrogens with one attached hydrogen (secondary N) is 2. The summed E-state index contributed by atoms with van der Waals surface area (Å²) in [5.41, 5.74) is -0.885. The van der Waals surface area contributed by atoms with Gasteiger partial charge in [-0.15, -0.1) is 0 Å². The monoisotopic (exact) mass is 322 g/mol. The van der Waals surface area contributed by atoms with Crippen molar-refractivity contribution in [3.8, 4) is 0 Å². The standard InChI is InChI=1S/C11H18N2O5S2/c1-4-11(5-2,9(14)15)6-12-20(17,18)8-7(3)13-10(16)19-8/h12H,4-6H2,1-3H3,(H,13,16)(H,14,15). The van der Waals surface area contributed by atoms with Gasteiger partial charge in [-0.2, -0.15) is 0 Å². The van der Waals surface area contributed by atoms with Crippen LogP contribution in [0.15, 0.2) is 9.00 Å². The Morgan fingerprint density at radius 3 is 2.30 bits per heavy atom. The van der Waals surface area contributed by atoms with Crippen LogP contribution in [0.5, 0.6) is 0 Å². The molecule has 0 atom stereocenters. The number of aromatic amines is 1. The summed E-state index contributed by atoms with van der Waals surface area (Å²) in [5.74, 6) is -1.04. The third-order valence-corrected chi connectivity index (χ3v) is 6.44. The minimum absolute atomic E-state index is 0.103. The number of hydrogen-bond acceptors (Lipinski definition) is 5. The van der Waals surface area contributed by atoms with Crippen molar-refractivity contribution in [3.05, 3.63) is 15.4 Å². The Balaban J connectivity index is 3.01. The summed E-state index contributed by atoms with van der Waals surface area (Å²) in [6.07, 6.45) is 0.618. The van der Waals surface area contributed by atoms with Gasteiger partial charge in [-0.25, -0.2) is 13.1 Å². The summed E-state index contributed by atoms with van der Waals surface area (Å²) in [5, 5.41) is 9.26. The lowest BCUT2D eigenvalue weighted by atomic mass is 9.83. The zero-order valence-corrected chi connectivity index (χ0v) is 13.2. The summed E-state index contributed by atoms with van der Waals surface area (Å²) in [7, 11) is -3.88. The maximum atomic E-state index is 12.1. The first-order chi connectivity index (χ1) is 9.18. The second-order valence-corrected chi connectivity index (χ2v) is 7.49. The fraction of sp³-hybridized carbons (Fsp3) is 0.636. The number of thiazole rings is 1. The van der Waals surface area contributed by atoms with E-state index < -0.39 is 26.3 Å². The van der Waals surface area contributed by atoms with E-state index >= 15 is 0 Å². The fourth-order valence-corrected chi connectivity index (χ4v) is 4.29. The van der Waals surface area contributed by atoms with Crippen LogP contribution < -0.4 is 9.60 Å². The molecule has 0 unspecified atom stereocenters. The van der Waals surface area contributed by atoms with Crippen LogP contribution in [0.25, 0.3) is 0 Å². The third-order valence-electron chi connectivity index (χ3n) is 3.43. The van der Waals surface area contributed by atoms with Gasteiger partial charge >= 0.3 is 10.8 Å². The molecular formula is C11H18N2O5S2. The Morgan fingerprint density at radius 2 is 1.95 bits per heavy atom. The Morgan fingerprint density at radius 1 is 1.40 bits per heavy atom. The molecule has 0 aliphatic carbocycles. The first kappa shape index (κ1) is 16.9. The summed E-state index contributed by atoms with van der Waals surface area (Å²) >= 11 is 0.586. The van der Waals surface area contributed by atoms with Gasteiger partial charge in [-0.05, 0) is 19.8 Å². The molecule has 9 heteroatoms. The number of aryl methyl sites for hydroxylation is 1. The van der Waals surface area contributed by atoms with E-state index in [1.165, 1.54) is 6.92 Å². The van der Waals surface area contributed by atoms with Crippen LogP contribution >= 0.6 is 11.3 Å². The first-order valence-corrected chi connectivity index (χ1v) is 8.41. The predicted octanol–water partition coefficient (Wildman–Crippen LogP) is 0.914. The number of carboxylic acids is 1. The number of hydrogen-bond donors (Lipinski definition) is 3. The van der Waals surface area contributed by atoms with E-state index in [1.807, 2.05) is 0 Å². The molecule has 0 fully saturated rings. The first-order valence-electron chi connectivity index (χ1n) is 6.11. The Bertz CT molecular complexity index is 640. The Kier molecular flexibility index (Phi) is 5.11. The summed E-state index contributed by atoms with van der Waals surface area (Å²) in [6, 6.07) is 0. The highest BCUT2D eigenvalue weighted by Crippen LogP contribution is 2.27. The molecule has 20 heavy (non-hydrogen) atoms. The predicted molar refractivity (Wildman–Crippen MR) is 75.5 cm³/mol. The van der Waals surface area contributed by atoms with Gasteiger partial charge in [0.1, 0.15) is 0 Å². The molecule has 0 saturated carbocycles. The minimum atomic E-state index is -3.88. The van der Waals surface area contributed by atoms with Crippen LogP contribution in [-0.2, 0) is 14.8 Å². The van der Waals surface area contributed by atoms with Crippen molar-refractivity contribution in [2.75, 3.05) is 6.54 Å². The lowest BCUT2D eigenvalue weighted by molar-refractivity contribution is -0.149. The molecule has 0 radical (unpaired) electrons. The number of carboxylic acid groups (broad SMARTS) is 1. The largest absolute Gasteiger partial charge is 0.481 e. The highest BCUT2D eigenvalue weighted by atomic mass is 32.2. The van der Waals surface area contributed by atoms with Crippen LogP contribution in [0.1, 0.15) is 32.4 Å². The summed E-state index contributed by atoms with van der Waals surface area (Å²) in [4.78, 5) is 24.4. The zero-order valence-electron chi connectivity index (χ0n) is 11.5. The highest BCUT2D eigenvalue weighted by Gasteiger charge is 2.36. The molecule has 0 aromatic carbocycles. The average Bonchev–Trinajstić information content (AvgIpc) is 2.71. The van der Waals surface area contributed by atoms with Crippen molar-refractivity contribution in [2.24, 2.45) is 5.41 Å². The van der Waals surface area contributed by atoms with E-state index in [0.29, 0.717) is 24.2 Å². The molecule has 114 valence electrons. The molecule has 1 heterocycles. The van der Waals surface area contributed by atoms with E-state index in [1.54, 1.807) is 13.8 Å². The van der Waals surface area contributed by atoms with Gasteiger partial charge in [0.2, 0.25) is 0 Å². The van der Waals surface area contributed by atoms with E-state index in [9.17, 15) is 23.1 Å². The van der Waals surface area contributed by atoms with Gasteiger partial charge in [-0.3, -0.25) is 9.59 Å². The molecule has 0 spiro atoms. The van der Waals surface area contributed by atoms with Crippen LogP contribution in [-0.4, -0.2) is 31.0 Å². The molecular weight excluding hydrogens is 304 g/mol. The van der Waals surface area contributed by atoms with E-state index in [-0.39, 0.29) is 16.4 Å². The molecule has 0 bridgehead atoms. The van der Waals surface area contributed by atoms with Gasteiger partial charge < -0.3 is 10.1 Å². The van der Waals surface area contributed by atoms with Gasteiger partial charge in [0.25, 0.3) is 10.0 Å². The SMILES string of the molecule is CCC(CC)(CNS(=O)(=O)c1sc(=O)[nH]c1C)C(=O)O. The Labute approximate surface area is 121 Å². The lowest BCUT2D eigenvalue weighted by Crippen LogP contribution is -2.42. The van der Waals surface area contributed by atoms with Gasteiger partial charge in [-0.1, -0.05) is 25.2 Å². The van der Waals surface area contributed by atoms with Gasteiger partial charge in [0.15, 0.2) is 4.21 Å². The van der Waals surface area contributed by atoms with Gasteiger partial charge in [0.05, 0.1) is 5.41 Å². The van der Waals surface area contributed by atoms with Crippen LogP contribution in [0.4, 0.5) is 0 Å². The zero-order chi connectivity index (χ0) is 15.6. The summed E-state index contributed by atoms with van der Waals surface area (Å²) in [6.45, 7) is 4.68. The normalized spacial score (nSPS) is 12.6. The van der Waals surface area contributed by atoms with E-state index in [0.717, 1.165) is 0 Å². The smallest absolute Gasteiger partial charge is 0.310 e. The third kappa shape index (κ3) is 3.28. The number of H-pyrrole nitrogens is 1. The van der Waals surface area contributed by atoms with Crippen LogP contribution in [0, 0.1) is 12.3 Å². The quantitative estimate of drug-likeness (QED) is 0.690. The number of aromatic nitrogens is 1. The van der Waals surface area contributed by atoms with Crippen molar-refractivity contribution >= 4 is 27.3 Å². The lowest BCUT2D eigenvalue weighted by Gasteiger charge is -2.26. The molecule has 7 nitrogen and oxygen atoms in total. The van der Waals surface area contributed by atoms with Crippen molar-refractivity contribution in [2.45, 2.75) is 37.8 Å². The summed E-state index contributed by atoms with van der Waals surface area (Å²) < 4.78 is 26.4. The molecule has 0 amide bonds. The molecule has 0 aliphatic rings. The van der Waals surface area contributed by atoms with Crippen molar-refractivity contribution < 1.29 is 18.3 Å². The maximum absolute atomic E-state index is 12.1. The molecule has 1 rings (SSSR count). The topological polar surface area (TPSA) is 116 Å². The Hall–Kier alpha value is -1.19. The molecule has 0 saturated heterocycles. The number of aliphatic carboxylic acids is 1. The second-order valence-electron chi connectivity index (χ2n) is 4.54.